The van der Waals surface area contributed by atoms with Crippen LogP contribution in [-0.4, -0.2) is 0 Å². The predicted molar refractivity (Wildman–Crippen MR) is 98.6 cm³/mol. The fourth-order valence-electron chi connectivity index (χ4n) is 3.93. The van der Waals surface area contributed by atoms with Crippen molar-refractivity contribution in [3.63, 3.8) is 0 Å². The third-order valence-electron chi connectivity index (χ3n) is 5.15. The number of anilines is 1. The summed E-state index contributed by atoms with van der Waals surface area (Å²) in [6.07, 6.45) is 6.80. The van der Waals surface area contributed by atoms with Crippen LogP contribution in [0.1, 0.15) is 42.0 Å². The zero-order valence-electron chi connectivity index (χ0n) is 13.0. The average molecular weight is 344 g/mol. The van der Waals surface area contributed by atoms with Crippen molar-refractivity contribution in [3.8, 4) is 0 Å². The van der Waals surface area contributed by atoms with Gasteiger partial charge >= 0.3 is 0 Å². The lowest BCUT2D eigenvalue weighted by atomic mass is 9.76. The van der Waals surface area contributed by atoms with Gasteiger partial charge in [0.2, 0.25) is 0 Å². The molecule has 0 spiro atoms. The van der Waals surface area contributed by atoms with E-state index in [1.54, 1.807) is 0 Å². The topological polar surface area (TPSA) is 12.0 Å². The first-order chi connectivity index (χ1) is 11.2. The van der Waals surface area contributed by atoms with Crippen molar-refractivity contribution in [3.05, 3.63) is 75.3 Å². The van der Waals surface area contributed by atoms with E-state index in [9.17, 15) is 0 Å². The van der Waals surface area contributed by atoms with Crippen LogP contribution in [0.15, 0.2) is 48.6 Å². The normalized spacial score (nSPS) is 24.9. The van der Waals surface area contributed by atoms with Crippen LogP contribution < -0.4 is 5.32 Å². The molecule has 2 aromatic carbocycles. The van der Waals surface area contributed by atoms with Crippen LogP contribution in [0.2, 0.25) is 10.0 Å². The second kappa shape index (κ2) is 5.89. The Kier molecular flexibility index (Phi) is 3.87. The molecule has 2 aliphatic rings. The highest BCUT2D eigenvalue weighted by Gasteiger charge is 2.38. The molecular weight excluding hydrogens is 325 g/mol. The van der Waals surface area contributed by atoms with E-state index in [1.807, 2.05) is 12.1 Å². The maximum absolute atomic E-state index is 6.50. The summed E-state index contributed by atoms with van der Waals surface area (Å²) in [6, 6.07) is 12.9. The van der Waals surface area contributed by atoms with Gasteiger partial charge in [-0.1, -0.05) is 66.5 Å². The third kappa shape index (κ3) is 2.47. The third-order valence-corrected chi connectivity index (χ3v) is 5.99. The zero-order valence-corrected chi connectivity index (χ0v) is 14.5. The van der Waals surface area contributed by atoms with Crippen LogP contribution in [0.4, 0.5) is 5.69 Å². The first-order valence-corrected chi connectivity index (χ1v) is 8.94. The molecule has 23 heavy (non-hydrogen) atoms. The van der Waals surface area contributed by atoms with Crippen LogP contribution in [0.5, 0.6) is 0 Å². The van der Waals surface area contributed by atoms with E-state index in [0.29, 0.717) is 21.9 Å². The molecule has 1 nitrogen and oxygen atoms in total. The Morgan fingerprint density at radius 2 is 2.00 bits per heavy atom. The lowest BCUT2D eigenvalue weighted by Gasteiger charge is -2.38. The largest absolute Gasteiger partial charge is 0.378 e. The molecule has 0 amide bonds. The van der Waals surface area contributed by atoms with E-state index in [4.69, 9.17) is 23.2 Å². The Hall–Kier alpha value is -1.44. The Balaban J connectivity index is 1.81. The van der Waals surface area contributed by atoms with Gasteiger partial charge in [-0.25, -0.2) is 0 Å². The quantitative estimate of drug-likeness (QED) is 0.623. The van der Waals surface area contributed by atoms with E-state index in [2.05, 4.69) is 48.7 Å². The van der Waals surface area contributed by atoms with Crippen molar-refractivity contribution < 1.29 is 0 Å². The molecule has 0 radical (unpaired) electrons. The molecular formula is C20H19Cl2N. The number of rotatable bonds is 2. The molecule has 1 aliphatic heterocycles. The molecule has 1 heterocycles. The van der Waals surface area contributed by atoms with Crippen molar-refractivity contribution in [2.75, 3.05) is 5.32 Å². The molecule has 1 aliphatic carbocycles. The molecule has 0 aromatic heterocycles. The maximum Gasteiger partial charge on any atom is 0.0645 e. The summed E-state index contributed by atoms with van der Waals surface area (Å²) in [6.45, 7) is 2.20. The highest BCUT2D eigenvalue weighted by atomic mass is 35.5. The minimum Gasteiger partial charge on any atom is -0.378 e. The van der Waals surface area contributed by atoms with Crippen molar-refractivity contribution >= 4 is 28.9 Å². The van der Waals surface area contributed by atoms with Crippen LogP contribution in [-0.2, 0) is 6.42 Å². The van der Waals surface area contributed by atoms with Crippen molar-refractivity contribution in [2.24, 2.45) is 5.92 Å². The van der Waals surface area contributed by atoms with Crippen LogP contribution in [0, 0.1) is 5.92 Å². The minimum absolute atomic E-state index is 0.196. The molecule has 118 valence electrons. The monoisotopic (exact) mass is 343 g/mol. The number of hydrogen-bond donors (Lipinski definition) is 1. The van der Waals surface area contributed by atoms with Crippen molar-refractivity contribution in [2.45, 2.75) is 31.7 Å². The average Bonchev–Trinajstić information content (AvgIpc) is 3.06. The van der Waals surface area contributed by atoms with Gasteiger partial charge in [0.15, 0.2) is 0 Å². The summed E-state index contributed by atoms with van der Waals surface area (Å²) >= 11 is 12.7. The van der Waals surface area contributed by atoms with Crippen LogP contribution in [0.25, 0.3) is 0 Å². The second-order valence-electron chi connectivity index (χ2n) is 6.39. The number of halogens is 2. The molecule has 0 saturated carbocycles. The number of hydrogen-bond acceptors (Lipinski definition) is 1. The van der Waals surface area contributed by atoms with E-state index in [0.717, 1.165) is 18.4 Å². The number of fused-ring (bicyclic) bond motifs is 3. The Bertz CT molecular complexity index is 781. The maximum atomic E-state index is 6.50. The van der Waals surface area contributed by atoms with Gasteiger partial charge in [0.05, 0.1) is 16.1 Å². The lowest BCUT2D eigenvalue weighted by Crippen LogP contribution is -2.29. The fourth-order valence-corrected chi connectivity index (χ4v) is 4.36. The zero-order chi connectivity index (χ0) is 16.0. The van der Waals surface area contributed by atoms with Gasteiger partial charge < -0.3 is 5.32 Å². The van der Waals surface area contributed by atoms with Crippen molar-refractivity contribution in [1.29, 1.82) is 0 Å². The predicted octanol–water partition coefficient (Wildman–Crippen LogP) is 6.38. The summed E-state index contributed by atoms with van der Waals surface area (Å²) in [5.41, 5.74) is 5.13. The van der Waals surface area contributed by atoms with E-state index in [1.165, 1.54) is 16.8 Å². The highest BCUT2D eigenvalue weighted by molar-refractivity contribution is 6.42. The summed E-state index contributed by atoms with van der Waals surface area (Å²) in [5, 5.41) is 5.02. The molecule has 3 heteroatoms. The van der Waals surface area contributed by atoms with Gasteiger partial charge in [0, 0.05) is 11.6 Å². The molecule has 4 rings (SSSR count). The Morgan fingerprint density at radius 1 is 1.13 bits per heavy atom. The van der Waals surface area contributed by atoms with Gasteiger partial charge in [0.1, 0.15) is 0 Å². The standard InChI is InChI=1S/C20H19Cl2N/c1-2-12-9-10-18-16(11-12)13-5-3-6-14(13)20(23-18)15-7-4-8-17(21)19(15)22/h3-5,7-11,13-14,20,23H,2,6H2,1H3/t13-,14+,20+/m1/s1. The molecule has 1 N–H and O–H groups in total. The van der Waals surface area contributed by atoms with Gasteiger partial charge in [0.25, 0.3) is 0 Å². The summed E-state index contributed by atoms with van der Waals surface area (Å²) in [5.74, 6) is 0.948. The van der Waals surface area contributed by atoms with Crippen LogP contribution in [0.3, 0.4) is 0 Å². The number of benzene rings is 2. The number of aryl methyl sites for hydroxylation is 1. The SMILES string of the molecule is CCc1ccc2c(c1)[C@@H]1C=CC[C@@H]1[C@@H](c1cccc(Cl)c1Cl)N2. The highest BCUT2D eigenvalue weighted by Crippen LogP contribution is 2.51. The molecule has 3 atom stereocenters. The Labute approximate surface area is 147 Å². The van der Waals surface area contributed by atoms with Gasteiger partial charge in [-0.15, -0.1) is 0 Å². The summed E-state index contributed by atoms with van der Waals surface area (Å²) in [4.78, 5) is 0. The summed E-state index contributed by atoms with van der Waals surface area (Å²) in [7, 11) is 0. The van der Waals surface area contributed by atoms with Crippen LogP contribution >= 0.6 is 23.2 Å². The minimum atomic E-state index is 0.196. The first kappa shape index (κ1) is 15.1. The molecule has 0 saturated heterocycles. The lowest BCUT2D eigenvalue weighted by molar-refractivity contribution is 0.425. The molecule has 0 unspecified atom stereocenters. The van der Waals surface area contributed by atoms with Gasteiger partial charge in [-0.05, 0) is 47.6 Å². The number of allylic oxidation sites excluding steroid dienone is 2. The fraction of sp³-hybridized carbons (Fsp3) is 0.300. The van der Waals surface area contributed by atoms with Gasteiger partial charge in [-0.3, -0.25) is 0 Å². The summed E-state index contributed by atoms with van der Waals surface area (Å²) < 4.78 is 0. The van der Waals surface area contributed by atoms with E-state index in [-0.39, 0.29) is 6.04 Å². The molecule has 2 aromatic rings. The molecule has 0 fully saturated rings. The Morgan fingerprint density at radius 3 is 2.83 bits per heavy atom. The van der Waals surface area contributed by atoms with E-state index >= 15 is 0 Å². The molecule has 0 bridgehead atoms. The second-order valence-corrected chi connectivity index (χ2v) is 7.18. The van der Waals surface area contributed by atoms with Gasteiger partial charge in [-0.2, -0.15) is 0 Å². The number of nitrogens with one attached hydrogen (secondary N) is 1. The smallest absolute Gasteiger partial charge is 0.0645 e. The first-order valence-electron chi connectivity index (χ1n) is 8.19. The van der Waals surface area contributed by atoms with Crippen molar-refractivity contribution in [1.82, 2.24) is 0 Å². The van der Waals surface area contributed by atoms with E-state index < -0.39 is 0 Å².